The summed E-state index contributed by atoms with van der Waals surface area (Å²) in [6, 6.07) is 0. The molecular formula is C6H9NaO6S. The van der Waals surface area contributed by atoms with E-state index in [0.29, 0.717) is 0 Å². The zero-order chi connectivity index (χ0) is 10.6. The third-order valence-corrected chi connectivity index (χ3v) is 1.63. The molecule has 76 valence electrons. The fraction of sp³-hybridized carbons (Fsp3) is 0.167. The molecule has 0 aromatic rings. The second-order valence-corrected chi connectivity index (χ2v) is 3.37. The number of aliphatic carboxylic acids is 1. The van der Waals surface area contributed by atoms with Crippen LogP contribution in [0.2, 0.25) is 0 Å². The summed E-state index contributed by atoms with van der Waals surface area (Å²) in [5.74, 6) is -4.00. The normalized spacial score (nSPS) is 13.9. The zero-order valence-electron chi connectivity index (χ0n) is 6.41. The van der Waals surface area contributed by atoms with Gasteiger partial charge in [0.2, 0.25) is 0 Å². The van der Waals surface area contributed by atoms with E-state index in [1.54, 1.807) is 0 Å². The van der Waals surface area contributed by atoms with Gasteiger partial charge < -0.3 is 10.2 Å². The summed E-state index contributed by atoms with van der Waals surface area (Å²) in [5.41, 5.74) is 0. The number of hydrogen-bond donors (Lipinski definition) is 3. The van der Waals surface area contributed by atoms with E-state index in [2.05, 4.69) is 6.58 Å². The summed E-state index contributed by atoms with van der Waals surface area (Å²) in [5, 5.41) is 17.3. The molecule has 8 heteroatoms. The predicted molar refractivity (Wildman–Crippen MR) is 50.7 cm³/mol. The Morgan fingerprint density at radius 1 is 1.36 bits per heavy atom. The van der Waals surface area contributed by atoms with Gasteiger partial charge in [0.1, 0.15) is 11.7 Å². The summed E-state index contributed by atoms with van der Waals surface area (Å²) in [4.78, 5) is 10.3. The van der Waals surface area contributed by atoms with Crippen LogP contribution in [0.3, 0.4) is 0 Å². The maximum atomic E-state index is 10.3. The van der Waals surface area contributed by atoms with Gasteiger partial charge in [0, 0.05) is 0 Å². The molecule has 1 atom stereocenters. The van der Waals surface area contributed by atoms with Crippen LogP contribution in [0.25, 0.3) is 0 Å². The number of hydrogen-bond acceptors (Lipinski definition) is 4. The quantitative estimate of drug-likeness (QED) is 0.261. The van der Waals surface area contributed by atoms with Gasteiger partial charge >= 0.3 is 35.5 Å². The Kier molecular flexibility index (Phi) is 7.13. The number of carboxylic acid groups (broad SMARTS) is 1. The van der Waals surface area contributed by atoms with Crippen LogP contribution in [0, 0.1) is 5.92 Å². The first-order valence-corrected chi connectivity index (χ1v) is 4.51. The van der Waals surface area contributed by atoms with Gasteiger partial charge in [0.25, 0.3) is 10.1 Å². The molecule has 3 N–H and O–H groups in total. The van der Waals surface area contributed by atoms with Crippen molar-refractivity contribution in [1.29, 1.82) is 0 Å². The van der Waals surface area contributed by atoms with Gasteiger partial charge in [0.15, 0.2) is 0 Å². The molecule has 0 aliphatic rings. The number of aliphatic hydroxyl groups excluding tert-OH is 1. The van der Waals surface area contributed by atoms with E-state index in [1.807, 2.05) is 0 Å². The molecule has 0 heterocycles. The minimum atomic E-state index is -4.54. The third-order valence-electron chi connectivity index (χ3n) is 1.09. The number of aliphatic hydroxyl groups is 1. The van der Waals surface area contributed by atoms with Crippen molar-refractivity contribution < 1.29 is 28.0 Å². The van der Waals surface area contributed by atoms with Gasteiger partial charge in [-0.2, -0.15) is 8.42 Å². The average molecular weight is 232 g/mol. The van der Waals surface area contributed by atoms with Gasteiger partial charge in [-0.1, -0.05) is 6.08 Å². The first-order chi connectivity index (χ1) is 5.78. The van der Waals surface area contributed by atoms with Crippen molar-refractivity contribution in [2.45, 2.75) is 0 Å². The van der Waals surface area contributed by atoms with Crippen LogP contribution in [0.15, 0.2) is 23.8 Å². The van der Waals surface area contributed by atoms with E-state index in [4.69, 9.17) is 14.8 Å². The summed E-state index contributed by atoms with van der Waals surface area (Å²) in [6.45, 7) is 3.08. The second kappa shape index (κ2) is 6.20. The Morgan fingerprint density at radius 3 is 2.00 bits per heavy atom. The predicted octanol–water partition coefficient (Wildman–Crippen LogP) is -0.488. The van der Waals surface area contributed by atoms with E-state index in [1.165, 1.54) is 0 Å². The number of rotatable bonds is 4. The number of carboxylic acids is 1. The molecule has 0 saturated carbocycles. The standard InChI is InChI=1S/C6H8O6S.Na.H/c1-2-4(6(8)9)5(7)3-13(10,11)12;;/h2-4,7H,1H2,(H,8,9)(H,10,11,12);;. The summed E-state index contributed by atoms with van der Waals surface area (Å²) >= 11 is 0. The minimum absolute atomic E-state index is 0. The maximum absolute atomic E-state index is 10.3. The first-order valence-electron chi connectivity index (χ1n) is 3.01. The van der Waals surface area contributed by atoms with Crippen LogP contribution in [0.4, 0.5) is 0 Å². The molecule has 6 nitrogen and oxygen atoms in total. The molecule has 0 radical (unpaired) electrons. The van der Waals surface area contributed by atoms with Gasteiger partial charge in [-0.05, 0) is 0 Å². The van der Waals surface area contributed by atoms with Crippen molar-refractivity contribution in [2.24, 2.45) is 5.92 Å². The van der Waals surface area contributed by atoms with Crippen molar-refractivity contribution >= 4 is 45.6 Å². The molecule has 0 aromatic carbocycles. The van der Waals surface area contributed by atoms with Crippen LogP contribution in [0.5, 0.6) is 0 Å². The molecule has 0 bridgehead atoms. The molecule has 0 aliphatic carbocycles. The van der Waals surface area contributed by atoms with Crippen molar-refractivity contribution in [1.82, 2.24) is 0 Å². The molecule has 0 saturated heterocycles. The first kappa shape index (κ1) is 16.1. The second-order valence-electron chi connectivity index (χ2n) is 2.11. The van der Waals surface area contributed by atoms with Gasteiger partial charge in [-0.15, -0.1) is 6.58 Å². The third kappa shape index (κ3) is 6.17. The fourth-order valence-corrected chi connectivity index (χ4v) is 1.03. The Morgan fingerprint density at radius 2 is 1.79 bits per heavy atom. The molecule has 0 amide bonds. The van der Waals surface area contributed by atoms with E-state index < -0.39 is 27.8 Å². The molecule has 0 rings (SSSR count). The van der Waals surface area contributed by atoms with Gasteiger partial charge in [-0.25, -0.2) is 0 Å². The molecule has 0 fully saturated rings. The van der Waals surface area contributed by atoms with Crippen LogP contribution in [-0.2, 0) is 14.9 Å². The molecule has 1 unspecified atom stereocenters. The summed E-state index contributed by atoms with van der Waals surface area (Å²) in [7, 11) is -4.54. The van der Waals surface area contributed by atoms with E-state index in [-0.39, 0.29) is 35.0 Å². The van der Waals surface area contributed by atoms with Crippen molar-refractivity contribution in [3.63, 3.8) is 0 Å². The SMILES string of the molecule is C=CC(C(=O)O)C(O)=CS(=O)(=O)O.[NaH]. The van der Waals surface area contributed by atoms with Gasteiger partial charge in [-0.3, -0.25) is 9.35 Å². The Labute approximate surface area is 103 Å². The van der Waals surface area contributed by atoms with E-state index >= 15 is 0 Å². The summed E-state index contributed by atoms with van der Waals surface area (Å²) < 4.78 is 28.6. The fourth-order valence-electron chi connectivity index (χ4n) is 0.574. The number of carbonyl (C=O) groups is 1. The van der Waals surface area contributed by atoms with Crippen LogP contribution >= 0.6 is 0 Å². The zero-order valence-corrected chi connectivity index (χ0v) is 7.23. The molecule has 0 spiro atoms. The van der Waals surface area contributed by atoms with E-state index in [0.717, 1.165) is 6.08 Å². The van der Waals surface area contributed by atoms with Crippen LogP contribution in [-0.4, -0.2) is 58.7 Å². The Hall–Kier alpha value is -0.340. The molecule has 0 aromatic heterocycles. The van der Waals surface area contributed by atoms with Crippen LogP contribution in [0.1, 0.15) is 0 Å². The Balaban J connectivity index is 0. The van der Waals surface area contributed by atoms with Crippen molar-refractivity contribution in [2.75, 3.05) is 0 Å². The van der Waals surface area contributed by atoms with Crippen LogP contribution < -0.4 is 0 Å². The molecule has 0 aliphatic heterocycles. The molecular weight excluding hydrogens is 223 g/mol. The van der Waals surface area contributed by atoms with Crippen molar-refractivity contribution in [3.05, 3.63) is 23.8 Å². The van der Waals surface area contributed by atoms with E-state index in [9.17, 15) is 13.2 Å². The Bertz CT molecular complexity index is 343. The van der Waals surface area contributed by atoms with Gasteiger partial charge in [0.05, 0.1) is 5.41 Å². The monoisotopic (exact) mass is 232 g/mol. The molecule has 14 heavy (non-hydrogen) atoms. The topological polar surface area (TPSA) is 112 Å². The van der Waals surface area contributed by atoms with Crippen molar-refractivity contribution in [3.8, 4) is 0 Å². The summed E-state index contributed by atoms with van der Waals surface area (Å²) in [6.07, 6.45) is 0.833. The average Bonchev–Trinajstić information content (AvgIpc) is 1.82.